The number of benzene rings is 1. The van der Waals surface area contributed by atoms with Crippen LogP contribution in [0.25, 0.3) is 0 Å². The molecule has 3 rings (SSSR count). The maximum absolute atomic E-state index is 13.0. The highest BCUT2D eigenvalue weighted by Gasteiger charge is 2.25. The Balaban J connectivity index is 1.74. The number of aromatic nitrogens is 2. The van der Waals surface area contributed by atoms with Crippen LogP contribution in [0.3, 0.4) is 0 Å². The van der Waals surface area contributed by atoms with Crippen molar-refractivity contribution in [2.45, 2.75) is 13.8 Å². The van der Waals surface area contributed by atoms with E-state index in [-0.39, 0.29) is 5.91 Å². The molecule has 138 valence electrons. The van der Waals surface area contributed by atoms with Crippen molar-refractivity contribution in [2.75, 3.05) is 45.3 Å². The first-order valence-corrected chi connectivity index (χ1v) is 8.59. The number of carbonyl (C=O) groups is 1. The van der Waals surface area contributed by atoms with Gasteiger partial charge in [0.05, 0.1) is 19.9 Å². The summed E-state index contributed by atoms with van der Waals surface area (Å²) < 4.78 is 10.6. The van der Waals surface area contributed by atoms with Crippen molar-refractivity contribution in [2.24, 2.45) is 0 Å². The van der Waals surface area contributed by atoms with E-state index in [0.29, 0.717) is 30.2 Å². The van der Waals surface area contributed by atoms with E-state index < -0.39 is 0 Å². The lowest BCUT2D eigenvalue weighted by atomic mass is 10.1. The van der Waals surface area contributed by atoms with Crippen LogP contribution in [0.15, 0.2) is 24.5 Å². The summed E-state index contributed by atoms with van der Waals surface area (Å²) in [6, 6.07) is 3.60. The van der Waals surface area contributed by atoms with Crippen LogP contribution in [0.2, 0.25) is 0 Å². The second kappa shape index (κ2) is 7.59. The Kier molecular flexibility index (Phi) is 5.25. The Morgan fingerprint density at radius 2 is 1.58 bits per heavy atom. The van der Waals surface area contributed by atoms with Gasteiger partial charge in [-0.25, -0.2) is 4.98 Å². The minimum Gasteiger partial charge on any atom is -0.493 e. The van der Waals surface area contributed by atoms with E-state index in [1.165, 1.54) is 0 Å². The van der Waals surface area contributed by atoms with Crippen LogP contribution >= 0.6 is 0 Å². The highest BCUT2D eigenvalue weighted by atomic mass is 16.5. The van der Waals surface area contributed by atoms with Crippen molar-refractivity contribution < 1.29 is 14.3 Å². The Labute approximate surface area is 153 Å². The van der Waals surface area contributed by atoms with E-state index in [1.807, 2.05) is 24.8 Å². The Morgan fingerprint density at radius 1 is 0.962 bits per heavy atom. The third-order valence-corrected chi connectivity index (χ3v) is 4.68. The van der Waals surface area contributed by atoms with Gasteiger partial charge in [-0.15, -0.1) is 0 Å². The van der Waals surface area contributed by atoms with Crippen LogP contribution in [-0.2, 0) is 0 Å². The molecule has 1 saturated heterocycles. The van der Waals surface area contributed by atoms with Crippen molar-refractivity contribution in [1.29, 1.82) is 0 Å². The molecule has 26 heavy (non-hydrogen) atoms. The summed E-state index contributed by atoms with van der Waals surface area (Å²) in [5.74, 6) is 2.10. The van der Waals surface area contributed by atoms with E-state index in [0.717, 1.165) is 30.2 Å². The van der Waals surface area contributed by atoms with Crippen molar-refractivity contribution >= 4 is 11.7 Å². The minimum absolute atomic E-state index is 0.0129. The van der Waals surface area contributed by atoms with Crippen molar-refractivity contribution in [3.8, 4) is 11.5 Å². The zero-order valence-corrected chi connectivity index (χ0v) is 15.7. The average Bonchev–Trinajstić information content (AvgIpc) is 2.67. The molecule has 2 aromatic rings. The van der Waals surface area contributed by atoms with Crippen LogP contribution in [0.1, 0.15) is 21.6 Å². The number of amides is 1. The third-order valence-electron chi connectivity index (χ3n) is 4.68. The van der Waals surface area contributed by atoms with E-state index in [4.69, 9.17) is 9.47 Å². The van der Waals surface area contributed by atoms with Crippen molar-refractivity contribution in [3.63, 3.8) is 0 Å². The third kappa shape index (κ3) is 3.42. The molecule has 1 aromatic heterocycles. The number of hydrogen-bond acceptors (Lipinski definition) is 6. The first kappa shape index (κ1) is 18.0. The highest BCUT2D eigenvalue weighted by Crippen LogP contribution is 2.31. The number of piperazine rings is 1. The summed E-state index contributed by atoms with van der Waals surface area (Å²) in [7, 11) is 3.16. The lowest BCUT2D eigenvalue weighted by molar-refractivity contribution is 0.0745. The predicted molar refractivity (Wildman–Crippen MR) is 99.2 cm³/mol. The Hall–Kier alpha value is -2.83. The smallest absolute Gasteiger partial charge is 0.254 e. The number of methoxy groups -OCH3 is 2. The predicted octanol–water partition coefficient (Wildman–Crippen LogP) is 2.07. The second-order valence-electron chi connectivity index (χ2n) is 6.27. The van der Waals surface area contributed by atoms with Crippen LogP contribution in [0.4, 0.5) is 5.82 Å². The molecule has 0 bridgehead atoms. The standard InChI is InChI=1S/C19H24N4O3/c1-13-11-16(25-3)17(26-4)12-15(13)19(24)23-9-7-22(8-10-23)18-14(2)20-5-6-21-18/h5-6,11-12H,7-10H2,1-4H3. The molecule has 0 aliphatic carbocycles. The van der Waals surface area contributed by atoms with Gasteiger partial charge in [0.15, 0.2) is 11.5 Å². The van der Waals surface area contributed by atoms with Gasteiger partial charge in [-0.3, -0.25) is 9.78 Å². The molecular weight excluding hydrogens is 332 g/mol. The van der Waals surface area contributed by atoms with Gasteiger partial charge in [-0.05, 0) is 31.5 Å². The van der Waals surface area contributed by atoms with Gasteiger partial charge >= 0.3 is 0 Å². The van der Waals surface area contributed by atoms with Crippen molar-refractivity contribution in [3.05, 3.63) is 41.3 Å². The number of rotatable bonds is 4. The van der Waals surface area contributed by atoms with E-state index in [2.05, 4.69) is 14.9 Å². The van der Waals surface area contributed by atoms with Crippen LogP contribution < -0.4 is 14.4 Å². The SMILES string of the molecule is COc1cc(C)c(C(=O)N2CCN(c3nccnc3C)CC2)cc1OC. The molecule has 0 unspecified atom stereocenters. The molecule has 1 fully saturated rings. The van der Waals surface area contributed by atoms with Gasteiger partial charge in [-0.1, -0.05) is 0 Å². The highest BCUT2D eigenvalue weighted by molar-refractivity contribution is 5.96. The number of carbonyl (C=O) groups excluding carboxylic acids is 1. The molecule has 2 heterocycles. The van der Waals surface area contributed by atoms with E-state index in [9.17, 15) is 4.79 Å². The number of hydrogen-bond donors (Lipinski definition) is 0. The zero-order valence-electron chi connectivity index (χ0n) is 15.7. The van der Waals surface area contributed by atoms with Crippen LogP contribution in [-0.4, -0.2) is 61.2 Å². The maximum atomic E-state index is 13.0. The summed E-state index contributed by atoms with van der Waals surface area (Å²) >= 11 is 0. The largest absolute Gasteiger partial charge is 0.493 e. The van der Waals surface area contributed by atoms with Crippen LogP contribution in [0.5, 0.6) is 11.5 Å². The monoisotopic (exact) mass is 356 g/mol. The molecule has 0 N–H and O–H groups in total. The van der Waals surface area contributed by atoms with Crippen molar-refractivity contribution in [1.82, 2.24) is 14.9 Å². The summed E-state index contributed by atoms with van der Waals surface area (Å²) in [5.41, 5.74) is 2.43. The van der Waals surface area contributed by atoms with Crippen LogP contribution in [0, 0.1) is 13.8 Å². The molecular formula is C19H24N4O3. The summed E-state index contributed by atoms with van der Waals surface area (Å²) in [5, 5.41) is 0. The van der Waals surface area contributed by atoms with Gasteiger partial charge in [0.1, 0.15) is 5.82 Å². The summed E-state index contributed by atoms with van der Waals surface area (Å²) in [4.78, 5) is 25.7. The topological polar surface area (TPSA) is 67.8 Å². The van der Waals surface area contributed by atoms with Gasteiger partial charge in [0, 0.05) is 44.1 Å². The van der Waals surface area contributed by atoms with E-state index >= 15 is 0 Å². The first-order valence-electron chi connectivity index (χ1n) is 8.59. The fraction of sp³-hybridized carbons (Fsp3) is 0.421. The maximum Gasteiger partial charge on any atom is 0.254 e. The van der Waals surface area contributed by atoms with Gasteiger partial charge in [-0.2, -0.15) is 0 Å². The quantitative estimate of drug-likeness (QED) is 0.835. The Bertz CT molecular complexity index is 801. The normalized spacial score (nSPS) is 14.3. The summed E-state index contributed by atoms with van der Waals surface area (Å²) in [6.07, 6.45) is 3.39. The molecule has 0 spiro atoms. The second-order valence-corrected chi connectivity index (χ2v) is 6.27. The fourth-order valence-corrected chi connectivity index (χ4v) is 3.21. The number of ether oxygens (including phenoxy) is 2. The molecule has 7 heteroatoms. The first-order chi connectivity index (χ1) is 12.5. The van der Waals surface area contributed by atoms with Gasteiger partial charge in [0.2, 0.25) is 0 Å². The number of anilines is 1. The molecule has 1 aromatic carbocycles. The molecule has 1 aliphatic rings. The summed E-state index contributed by atoms with van der Waals surface area (Å²) in [6.45, 7) is 6.61. The fourth-order valence-electron chi connectivity index (χ4n) is 3.21. The minimum atomic E-state index is 0.0129. The molecule has 0 radical (unpaired) electrons. The molecule has 0 saturated carbocycles. The van der Waals surface area contributed by atoms with Gasteiger partial charge in [0.25, 0.3) is 5.91 Å². The van der Waals surface area contributed by atoms with E-state index in [1.54, 1.807) is 32.7 Å². The lowest BCUT2D eigenvalue weighted by Gasteiger charge is -2.36. The molecule has 7 nitrogen and oxygen atoms in total. The number of nitrogens with zero attached hydrogens (tertiary/aromatic N) is 4. The number of aryl methyl sites for hydroxylation is 2. The lowest BCUT2D eigenvalue weighted by Crippen LogP contribution is -2.49. The Morgan fingerprint density at radius 3 is 2.19 bits per heavy atom. The molecule has 0 atom stereocenters. The zero-order chi connectivity index (χ0) is 18.7. The average molecular weight is 356 g/mol. The van der Waals surface area contributed by atoms with Gasteiger partial charge < -0.3 is 19.3 Å². The molecule has 1 amide bonds. The molecule has 1 aliphatic heterocycles.